The summed E-state index contributed by atoms with van der Waals surface area (Å²) in [6, 6.07) is -0.720. The summed E-state index contributed by atoms with van der Waals surface area (Å²) < 4.78 is 11.4. The lowest BCUT2D eigenvalue weighted by Gasteiger charge is -2.40. The molecule has 0 aliphatic carbocycles. The average molecular weight is 1100 g/mol. The molecule has 460 valence electrons. The fraction of sp³-hybridized carbons (Fsp3) is 0.899. The van der Waals surface area contributed by atoms with Crippen LogP contribution < -0.4 is 5.32 Å². The van der Waals surface area contributed by atoms with Gasteiger partial charge in [0.05, 0.1) is 25.4 Å². The highest BCUT2D eigenvalue weighted by molar-refractivity contribution is 5.76. The monoisotopic (exact) mass is 1100 g/mol. The first-order valence-corrected chi connectivity index (χ1v) is 34.2. The Labute approximate surface area is 482 Å². The fourth-order valence-corrected chi connectivity index (χ4v) is 11.1. The van der Waals surface area contributed by atoms with Crippen LogP contribution in [0.25, 0.3) is 0 Å². The molecule has 1 heterocycles. The van der Waals surface area contributed by atoms with Gasteiger partial charge >= 0.3 is 0 Å². The van der Waals surface area contributed by atoms with E-state index in [4.69, 9.17) is 9.47 Å². The fourth-order valence-electron chi connectivity index (χ4n) is 11.1. The number of hydrogen-bond donors (Lipinski definition) is 6. The van der Waals surface area contributed by atoms with Gasteiger partial charge in [-0.25, -0.2) is 0 Å². The molecule has 0 aromatic rings. The first kappa shape index (κ1) is 74.4. The molecular weight excluding hydrogens is 971 g/mol. The number of unbranched alkanes of at least 4 members (excludes halogenated alkanes) is 44. The lowest BCUT2D eigenvalue weighted by molar-refractivity contribution is -0.302. The third kappa shape index (κ3) is 47.0. The number of nitrogens with one attached hydrogen (secondary N) is 1. The lowest BCUT2D eigenvalue weighted by Crippen LogP contribution is -2.60. The van der Waals surface area contributed by atoms with Crippen LogP contribution in [0.1, 0.15) is 341 Å². The molecule has 0 bridgehead atoms. The molecule has 1 amide bonds. The van der Waals surface area contributed by atoms with Crippen molar-refractivity contribution in [1.82, 2.24) is 5.32 Å². The summed E-state index contributed by atoms with van der Waals surface area (Å²) in [5.41, 5.74) is 0. The van der Waals surface area contributed by atoms with Crippen LogP contribution in [0.4, 0.5) is 0 Å². The Morgan fingerprint density at radius 3 is 1.12 bits per heavy atom. The summed E-state index contributed by atoms with van der Waals surface area (Å²) in [7, 11) is 0. The van der Waals surface area contributed by atoms with Gasteiger partial charge in [-0.15, -0.1) is 0 Å². The van der Waals surface area contributed by atoms with Crippen LogP contribution in [0.15, 0.2) is 36.5 Å². The number of allylic oxidation sites excluding steroid dienone is 6. The molecule has 0 radical (unpaired) electrons. The average Bonchev–Trinajstić information content (AvgIpc) is 3.45. The second kappa shape index (κ2) is 58.6. The Balaban J connectivity index is 2.12. The van der Waals surface area contributed by atoms with E-state index in [9.17, 15) is 30.3 Å². The van der Waals surface area contributed by atoms with E-state index in [0.717, 1.165) is 51.4 Å². The third-order valence-electron chi connectivity index (χ3n) is 16.5. The van der Waals surface area contributed by atoms with Crippen molar-refractivity contribution in [2.24, 2.45) is 0 Å². The number of rotatable bonds is 60. The molecular formula is C69H131NO8. The summed E-state index contributed by atoms with van der Waals surface area (Å²) in [6.07, 6.45) is 70.6. The summed E-state index contributed by atoms with van der Waals surface area (Å²) in [5, 5.41) is 54.9. The van der Waals surface area contributed by atoms with Crippen molar-refractivity contribution in [3.8, 4) is 0 Å². The van der Waals surface area contributed by atoms with E-state index in [1.54, 1.807) is 0 Å². The van der Waals surface area contributed by atoms with Gasteiger partial charge in [0.15, 0.2) is 6.29 Å². The minimum absolute atomic E-state index is 0.135. The van der Waals surface area contributed by atoms with Crippen LogP contribution in [-0.2, 0) is 14.3 Å². The Kier molecular flexibility index (Phi) is 55.9. The minimum atomic E-state index is -1.55. The predicted octanol–water partition coefficient (Wildman–Crippen LogP) is 18.3. The molecule has 1 rings (SSSR count). The number of hydrogen-bond acceptors (Lipinski definition) is 8. The topological polar surface area (TPSA) is 149 Å². The Bertz CT molecular complexity index is 1320. The van der Waals surface area contributed by atoms with Crippen molar-refractivity contribution in [1.29, 1.82) is 0 Å². The molecule has 0 spiro atoms. The lowest BCUT2D eigenvalue weighted by atomic mass is 9.99. The maximum atomic E-state index is 13.1. The highest BCUT2D eigenvalue weighted by Crippen LogP contribution is 2.24. The van der Waals surface area contributed by atoms with Crippen molar-refractivity contribution in [3.05, 3.63) is 36.5 Å². The summed E-state index contributed by atoms with van der Waals surface area (Å²) >= 11 is 0. The molecule has 0 aromatic carbocycles. The summed E-state index contributed by atoms with van der Waals surface area (Å²) in [6.45, 7) is 3.88. The molecule has 0 aromatic heterocycles. The highest BCUT2D eigenvalue weighted by Gasteiger charge is 2.44. The van der Waals surface area contributed by atoms with Crippen LogP contribution in [0.2, 0.25) is 0 Å². The number of carbonyl (C=O) groups excluding carboxylic acids is 1. The Morgan fingerprint density at radius 2 is 0.756 bits per heavy atom. The van der Waals surface area contributed by atoms with E-state index < -0.39 is 49.5 Å². The first-order chi connectivity index (χ1) is 38.3. The van der Waals surface area contributed by atoms with E-state index in [1.807, 2.05) is 0 Å². The molecule has 9 heteroatoms. The van der Waals surface area contributed by atoms with Crippen LogP contribution >= 0.6 is 0 Å². The maximum Gasteiger partial charge on any atom is 0.220 e. The van der Waals surface area contributed by atoms with Gasteiger partial charge in [0.25, 0.3) is 0 Å². The quantitative estimate of drug-likeness (QED) is 0.0261. The third-order valence-corrected chi connectivity index (χ3v) is 16.5. The smallest absolute Gasteiger partial charge is 0.220 e. The number of aliphatic hydroxyl groups excluding tert-OH is 5. The van der Waals surface area contributed by atoms with E-state index in [2.05, 4.69) is 55.6 Å². The molecule has 9 nitrogen and oxygen atoms in total. The number of carbonyl (C=O) groups is 1. The minimum Gasteiger partial charge on any atom is -0.394 e. The molecule has 1 aliphatic rings. The second-order valence-electron chi connectivity index (χ2n) is 24.0. The Morgan fingerprint density at radius 1 is 0.436 bits per heavy atom. The molecule has 0 saturated carbocycles. The van der Waals surface area contributed by atoms with Gasteiger partial charge in [-0.3, -0.25) is 4.79 Å². The van der Waals surface area contributed by atoms with E-state index in [0.29, 0.717) is 12.8 Å². The first-order valence-electron chi connectivity index (χ1n) is 34.2. The normalized spacial score (nSPS) is 18.8. The molecule has 78 heavy (non-hydrogen) atoms. The molecule has 1 fully saturated rings. The number of amides is 1. The van der Waals surface area contributed by atoms with Crippen molar-refractivity contribution >= 4 is 5.91 Å². The molecule has 7 unspecified atom stereocenters. The zero-order valence-corrected chi connectivity index (χ0v) is 51.4. The van der Waals surface area contributed by atoms with E-state index >= 15 is 0 Å². The molecule has 6 N–H and O–H groups in total. The van der Waals surface area contributed by atoms with Gasteiger partial charge in [-0.05, 0) is 51.4 Å². The van der Waals surface area contributed by atoms with Crippen LogP contribution in [0.3, 0.4) is 0 Å². The van der Waals surface area contributed by atoms with Crippen LogP contribution in [-0.4, -0.2) is 87.5 Å². The maximum absolute atomic E-state index is 13.1. The second-order valence-corrected chi connectivity index (χ2v) is 24.0. The van der Waals surface area contributed by atoms with Crippen LogP contribution in [0, 0.1) is 0 Å². The standard InChI is InChI=1S/C69H131NO8/c1-3-5-7-9-11-13-15-17-19-21-23-25-27-29-30-31-32-33-34-35-37-39-41-43-45-47-49-51-53-55-57-59-65(73)70-62(61-77-69-68(76)67(75)66(74)64(60-71)78-69)63(72)58-56-54-52-50-48-46-44-42-40-38-36-28-26-24-22-20-18-16-14-12-10-8-6-4-2/h15,17,21,23,27,29,62-64,66-69,71-72,74-76H,3-14,16,18-20,22,24-26,28,30-61H2,1-2H3,(H,70,73)/b17-15-,23-21-,29-27-. The number of ether oxygens (including phenoxy) is 2. The van der Waals surface area contributed by atoms with Crippen LogP contribution in [0.5, 0.6) is 0 Å². The van der Waals surface area contributed by atoms with Gasteiger partial charge in [0.1, 0.15) is 24.4 Å². The molecule has 1 saturated heterocycles. The zero-order chi connectivity index (χ0) is 56.5. The van der Waals surface area contributed by atoms with Gasteiger partial charge in [-0.1, -0.05) is 320 Å². The predicted molar refractivity (Wildman–Crippen MR) is 332 cm³/mol. The summed E-state index contributed by atoms with van der Waals surface area (Å²) in [4.78, 5) is 13.1. The Hall–Kier alpha value is -1.59. The van der Waals surface area contributed by atoms with Gasteiger partial charge in [0, 0.05) is 6.42 Å². The molecule has 1 aliphatic heterocycles. The van der Waals surface area contributed by atoms with Gasteiger partial charge in [0.2, 0.25) is 5.91 Å². The van der Waals surface area contributed by atoms with E-state index in [-0.39, 0.29) is 12.5 Å². The van der Waals surface area contributed by atoms with Crippen molar-refractivity contribution in [3.63, 3.8) is 0 Å². The summed E-state index contributed by atoms with van der Waals surface area (Å²) in [5.74, 6) is -0.139. The molecule has 7 atom stereocenters. The largest absolute Gasteiger partial charge is 0.394 e. The SMILES string of the molecule is CCCCCCC/C=C\C/C=C\C/C=C\CCCCCCCCCCCCCCCCCCC(=O)NC(COC1OC(CO)C(O)C(O)C1O)C(O)CCCCCCCCCCCCCCCCCCCCCCCCCC. The van der Waals surface area contributed by atoms with Crippen molar-refractivity contribution in [2.45, 2.75) is 384 Å². The van der Waals surface area contributed by atoms with Crippen molar-refractivity contribution < 1.29 is 39.8 Å². The number of aliphatic hydroxyl groups is 5. The van der Waals surface area contributed by atoms with E-state index in [1.165, 1.54) is 263 Å². The van der Waals surface area contributed by atoms with Gasteiger partial charge < -0.3 is 40.3 Å². The van der Waals surface area contributed by atoms with Crippen molar-refractivity contribution in [2.75, 3.05) is 13.2 Å². The zero-order valence-electron chi connectivity index (χ0n) is 51.4. The van der Waals surface area contributed by atoms with Gasteiger partial charge in [-0.2, -0.15) is 0 Å². The highest BCUT2D eigenvalue weighted by atomic mass is 16.7.